The Morgan fingerprint density at radius 1 is 1.10 bits per heavy atom. The Labute approximate surface area is 126 Å². The molecule has 5 heteroatoms. The predicted octanol–water partition coefficient (Wildman–Crippen LogP) is 2.87. The van der Waals surface area contributed by atoms with Crippen LogP contribution in [0.25, 0.3) is 0 Å². The Hall–Kier alpha value is -2.17. The topological polar surface area (TPSA) is 62.7 Å². The summed E-state index contributed by atoms with van der Waals surface area (Å²) in [5.74, 6) is 2.50. The Kier molecular flexibility index (Phi) is 4.73. The fourth-order valence-corrected chi connectivity index (χ4v) is 1.87. The third-order valence-corrected chi connectivity index (χ3v) is 3.07. The van der Waals surface area contributed by atoms with Crippen molar-refractivity contribution in [2.24, 2.45) is 0 Å². The molecular formula is C16H23N5. The molecule has 21 heavy (non-hydrogen) atoms. The van der Waals surface area contributed by atoms with Crippen LogP contribution in [0.2, 0.25) is 0 Å². The first-order valence-corrected chi connectivity index (χ1v) is 7.20. The van der Waals surface area contributed by atoms with E-state index in [1.165, 1.54) is 0 Å². The normalized spacial score (nSPS) is 11.2. The van der Waals surface area contributed by atoms with E-state index >= 15 is 0 Å². The van der Waals surface area contributed by atoms with Gasteiger partial charge in [0.25, 0.3) is 0 Å². The standard InChI is InChI=1S/C16H23N5/c1-16(2,3)15-20-13(17-4)11-14(21-15)19-10-8-12-7-5-6-9-18-12/h5-7,9,11H,8,10H2,1-4H3,(H2,17,19,20,21). The zero-order chi connectivity index (χ0) is 15.3. The van der Waals surface area contributed by atoms with Crippen molar-refractivity contribution in [2.75, 3.05) is 24.2 Å². The van der Waals surface area contributed by atoms with E-state index in [0.29, 0.717) is 0 Å². The molecule has 2 aromatic rings. The third kappa shape index (κ3) is 4.41. The maximum absolute atomic E-state index is 4.60. The molecule has 0 saturated carbocycles. The highest BCUT2D eigenvalue weighted by atomic mass is 15.1. The second kappa shape index (κ2) is 6.52. The summed E-state index contributed by atoms with van der Waals surface area (Å²) in [6, 6.07) is 7.88. The van der Waals surface area contributed by atoms with E-state index in [1.807, 2.05) is 37.5 Å². The maximum atomic E-state index is 4.60. The van der Waals surface area contributed by atoms with Gasteiger partial charge in [-0.15, -0.1) is 0 Å². The summed E-state index contributed by atoms with van der Waals surface area (Å²) in [5, 5.41) is 6.43. The molecule has 2 N–H and O–H groups in total. The lowest BCUT2D eigenvalue weighted by molar-refractivity contribution is 0.546. The first-order valence-electron chi connectivity index (χ1n) is 7.20. The zero-order valence-corrected chi connectivity index (χ0v) is 13.1. The summed E-state index contributed by atoms with van der Waals surface area (Å²) in [5.41, 5.74) is 0.994. The van der Waals surface area contributed by atoms with E-state index in [4.69, 9.17) is 0 Å². The van der Waals surface area contributed by atoms with Crippen LogP contribution < -0.4 is 10.6 Å². The van der Waals surface area contributed by atoms with E-state index in [-0.39, 0.29) is 5.41 Å². The van der Waals surface area contributed by atoms with Crippen molar-refractivity contribution in [3.63, 3.8) is 0 Å². The highest BCUT2D eigenvalue weighted by molar-refractivity contribution is 5.47. The molecule has 0 spiro atoms. The van der Waals surface area contributed by atoms with Crippen molar-refractivity contribution in [1.29, 1.82) is 0 Å². The summed E-state index contributed by atoms with van der Waals surface area (Å²) < 4.78 is 0. The van der Waals surface area contributed by atoms with Gasteiger partial charge in [0.2, 0.25) is 0 Å². The molecule has 0 aliphatic rings. The average Bonchev–Trinajstić information content (AvgIpc) is 2.47. The van der Waals surface area contributed by atoms with Gasteiger partial charge in [-0.25, -0.2) is 9.97 Å². The van der Waals surface area contributed by atoms with Crippen LogP contribution in [-0.2, 0) is 11.8 Å². The van der Waals surface area contributed by atoms with Crippen LogP contribution in [0.3, 0.4) is 0 Å². The van der Waals surface area contributed by atoms with E-state index in [1.54, 1.807) is 0 Å². The highest BCUT2D eigenvalue weighted by Crippen LogP contribution is 2.22. The predicted molar refractivity (Wildman–Crippen MR) is 86.7 cm³/mol. The Balaban J connectivity index is 2.05. The van der Waals surface area contributed by atoms with Crippen molar-refractivity contribution >= 4 is 11.6 Å². The molecule has 0 aliphatic heterocycles. The SMILES string of the molecule is CNc1cc(NCCc2ccccn2)nc(C(C)(C)C)n1. The summed E-state index contributed by atoms with van der Waals surface area (Å²) in [4.78, 5) is 13.4. The number of rotatable bonds is 5. The average molecular weight is 285 g/mol. The first-order chi connectivity index (χ1) is 9.99. The fraction of sp³-hybridized carbons (Fsp3) is 0.438. The summed E-state index contributed by atoms with van der Waals surface area (Å²) in [6.07, 6.45) is 2.68. The summed E-state index contributed by atoms with van der Waals surface area (Å²) in [6.45, 7) is 7.12. The smallest absolute Gasteiger partial charge is 0.138 e. The first kappa shape index (κ1) is 15.2. The molecule has 0 aliphatic carbocycles. The van der Waals surface area contributed by atoms with Crippen LogP contribution in [0.5, 0.6) is 0 Å². The Morgan fingerprint density at radius 3 is 2.48 bits per heavy atom. The number of anilines is 2. The largest absolute Gasteiger partial charge is 0.373 e. The van der Waals surface area contributed by atoms with Crippen LogP contribution >= 0.6 is 0 Å². The third-order valence-electron chi connectivity index (χ3n) is 3.07. The fourth-order valence-electron chi connectivity index (χ4n) is 1.87. The van der Waals surface area contributed by atoms with Crippen LogP contribution in [-0.4, -0.2) is 28.5 Å². The number of aromatic nitrogens is 3. The van der Waals surface area contributed by atoms with Crippen LogP contribution in [0.15, 0.2) is 30.5 Å². The monoisotopic (exact) mass is 285 g/mol. The number of hydrogen-bond acceptors (Lipinski definition) is 5. The molecule has 2 rings (SSSR count). The van der Waals surface area contributed by atoms with Gasteiger partial charge >= 0.3 is 0 Å². The Morgan fingerprint density at radius 2 is 1.86 bits per heavy atom. The number of nitrogens with one attached hydrogen (secondary N) is 2. The van der Waals surface area contributed by atoms with Gasteiger partial charge in [-0.2, -0.15) is 0 Å². The van der Waals surface area contributed by atoms with Gasteiger partial charge in [0.15, 0.2) is 0 Å². The number of pyridine rings is 1. The lowest BCUT2D eigenvalue weighted by Crippen LogP contribution is -2.18. The van der Waals surface area contributed by atoms with Crippen LogP contribution in [0, 0.1) is 0 Å². The van der Waals surface area contributed by atoms with Crippen molar-refractivity contribution in [1.82, 2.24) is 15.0 Å². The molecule has 112 valence electrons. The zero-order valence-electron chi connectivity index (χ0n) is 13.1. The molecule has 0 atom stereocenters. The molecule has 2 heterocycles. The second-order valence-corrected chi connectivity index (χ2v) is 5.96. The van der Waals surface area contributed by atoms with Gasteiger partial charge in [-0.3, -0.25) is 4.98 Å². The maximum Gasteiger partial charge on any atom is 0.138 e. The number of hydrogen-bond donors (Lipinski definition) is 2. The molecule has 2 aromatic heterocycles. The van der Waals surface area contributed by atoms with Gasteiger partial charge in [0.1, 0.15) is 17.5 Å². The van der Waals surface area contributed by atoms with Gasteiger partial charge in [-0.1, -0.05) is 26.8 Å². The van der Waals surface area contributed by atoms with Crippen LogP contribution in [0.4, 0.5) is 11.6 Å². The van der Waals surface area contributed by atoms with E-state index in [0.717, 1.165) is 36.1 Å². The van der Waals surface area contributed by atoms with Gasteiger partial charge in [-0.05, 0) is 12.1 Å². The molecule has 0 radical (unpaired) electrons. The number of nitrogens with zero attached hydrogens (tertiary/aromatic N) is 3. The quantitative estimate of drug-likeness (QED) is 0.884. The molecule has 0 aromatic carbocycles. The summed E-state index contributed by atoms with van der Waals surface area (Å²) >= 11 is 0. The minimum Gasteiger partial charge on any atom is -0.373 e. The Bertz CT molecular complexity index is 575. The van der Waals surface area contributed by atoms with E-state index < -0.39 is 0 Å². The lowest BCUT2D eigenvalue weighted by Gasteiger charge is -2.18. The van der Waals surface area contributed by atoms with Crippen molar-refractivity contribution in [2.45, 2.75) is 32.6 Å². The molecule has 0 fully saturated rings. The minimum atomic E-state index is -0.0791. The second-order valence-electron chi connectivity index (χ2n) is 5.96. The van der Waals surface area contributed by atoms with E-state index in [9.17, 15) is 0 Å². The molecule has 5 nitrogen and oxygen atoms in total. The van der Waals surface area contributed by atoms with Gasteiger partial charge < -0.3 is 10.6 Å². The molecular weight excluding hydrogens is 262 g/mol. The van der Waals surface area contributed by atoms with E-state index in [2.05, 4.69) is 46.4 Å². The molecule has 0 amide bonds. The van der Waals surface area contributed by atoms with Gasteiger partial charge in [0.05, 0.1) is 0 Å². The minimum absolute atomic E-state index is 0.0791. The van der Waals surface area contributed by atoms with Crippen molar-refractivity contribution in [3.8, 4) is 0 Å². The molecule has 0 bridgehead atoms. The van der Waals surface area contributed by atoms with Crippen molar-refractivity contribution < 1.29 is 0 Å². The van der Waals surface area contributed by atoms with Gasteiger partial charge in [0, 0.05) is 43.4 Å². The molecule has 0 unspecified atom stereocenters. The summed E-state index contributed by atoms with van der Waals surface area (Å²) in [7, 11) is 1.87. The lowest BCUT2D eigenvalue weighted by atomic mass is 9.96. The highest BCUT2D eigenvalue weighted by Gasteiger charge is 2.18. The van der Waals surface area contributed by atoms with Crippen LogP contribution in [0.1, 0.15) is 32.3 Å². The molecule has 0 saturated heterocycles. The van der Waals surface area contributed by atoms with Crippen molar-refractivity contribution in [3.05, 3.63) is 42.0 Å².